The Morgan fingerprint density at radius 3 is 2.18 bits per heavy atom. The predicted octanol–water partition coefficient (Wildman–Crippen LogP) is 4.19. The van der Waals surface area contributed by atoms with Gasteiger partial charge >= 0.3 is 0 Å². The Labute approximate surface area is 131 Å². The second-order valence-electron chi connectivity index (χ2n) is 6.00. The Morgan fingerprint density at radius 2 is 1.64 bits per heavy atom. The average molecular weight is 299 g/mol. The highest BCUT2D eigenvalue weighted by molar-refractivity contribution is 5.79. The first-order valence-electron chi connectivity index (χ1n) is 7.56. The van der Waals surface area contributed by atoms with Crippen LogP contribution in [0, 0.1) is 18.7 Å². The molecule has 0 heterocycles. The molecule has 0 aromatic heterocycles. The number of benzene rings is 2. The molecular weight excluding hydrogens is 277 g/mol. The highest BCUT2D eigenvalue weighted by atomic mass is 19.1. The van der Waals surface area contributed by atoms with Gasteiger partial charge in [0.1, 0.15) is 5.82 Å². The van der Waals surface area contributed by atoms with Gasteiger partial charge in [-0.1, -0.05) is 55.8 Å². The third-order valence-electron chi connectivity index (χ3n) is 3.70. The second-order valence-corrected chi connectivity index (χ2v) is 6.00. The number of amides is 1. The van der Waals surface area contributed by atoms with Crippen LogP contribution in [0.4, 0.5) is 4.39 Å². The molecule has 2 nitrogen and oxygen atoms in total. The average Bonchev–Trinajstić information content (AvgIpc) is 2.48. The summed E-state index contributed by atoms with van der Waals surface area (Å²) in [4.78, 5) is 12.3. The zero-order valence-corrected chi connectivity index (χ0v) is 13.3. The molecule has 116 valence electrons. The first-order valence-corrected chi connectivity index (χ1v) is 7.56. The molecule has 0 aliphatic carbocycles. The Bertz CT molecular complexity index is 617. The van der Waals surface area contributed by atoms with Crippen molar-refractivity contribution in [2.24, 2.45) is 5.92 Å². The van der Waals surface area contributed by atoms with E-state index in [-0.39, 0.29) is 23.7 Å². The predicted molar refractivity (Wildman–Crippen MR) is 87.0 cm³/mol. The van der Waals surface area contributed by atoms with Crippen LogP contribution >= 0.6 is 0 Å². The summed E-state index contributed by atoms with van der Waals surface area (Å²) < 4.78 is 13.0. The van der Waals surface area contributed by atoms with E-state index in [9.17, 15) is 9.18 Å². The molecule has 1 amide bonds. The second kappa shape index (κ2) is 7.21. The summed E-state index contributed by atoms with van der Waals surface area (Å²) in [5.74, 6) is -0.0588. The minimum atomic E-state index is -0.266. The molecule has 22 heavy (non-hydrogen) atoms. The Hall–Kier alpha value is -2.16. The molecule has 0 bridgehead atoms. The van der Waals surface area contributed by atoms with Crippen molar-refractivity contribution in [1.82, 2.24) is 5.32 Å². The van der Waals surface area contributed by atoms with Crippen LogP contribution in [0.5, 0.6) is 0 Å². The highest BCUT2D eigenvalue weighted by Crippen LogP contribution is 2.22. The van der Waals surface area contributed by atoms with Gasteiger partial charge in [0.25, 0.3) is 0 Å². The molecule has 2 rings (SSSR count). The lowest BCUT2D eigenvalue weighted by Gasteiger charge is -2.23. The number of aryl methyl sites for hydroxylation is 1. The summed E-state index contributed by atoms with van der Waals surface area (Å²) in [7, 11) is 0. The Morgan fingerprint density at radius 1 is 1.05 bits per heavy atom. The SMILES string of the molecule is Cc1ccc(CC(=O)N[C@@H](c2ccc(F)cc2)C(C)C)cc1. The number of halogens is 1. The van der Waals surface area contributed by atoms with E-state index in [0.717, 1.165) is 11.1 Å². The standard InChI is InChI=1S/C19H22FNO/c1-13(2)19(16-8-10-17(20)11-9-16)21-18(22)12-15-6-4-14(3)5-7-15/h4-11,13,19H,12H2,1-3H3,(H,21,22)/t19-/m1/s1. The van der Waals surface area contributed by atoms with Crippen molar-refractivity contribution >= 4 is 5.91 Å². The third-order valence-corrected chi connectivity index (χ3v) is 3.70. The van der Waals surface area contributed by atoms with Crippen molar-refractivity contribution in [2.45, 2.75) is 33.2 Å². The molecule has 0 saturated heterocycles. The molecule has 0 radical (unpaired) electrons. The minimum Gasteiger partial charge on any atom is -0.349 e. The molecule has 2 aromatic carbocycles. The molecule has 0 spiro atoms. The lowest BCUT2D eigenvalue weighted by atomic mass is 9.95. The van der Waals surface area contributed by atoms with Crippen molar-refractivity contribution < 1.29 is 9.18 Å². The topological polar surface area (TPSA) is 29.1 Å². The van der Waals surface area contributed by atoms with Gasteiger partial charge in [0.15, 0.2) is 0 Å². The Kier molecular flexibility index (Phi) is 5.31. The van der Waals surface area contributed by atoms with Crippen LogP contribution in [0.1, 0.15) is 36.6 Å². The summed E-state index contributed by atoms with van der Waals surface area (Å²) in [6.07, 6.45) is 0.352. The van der Waals surface area contributed by atoms with Gasteiger partial charge in [0.05, 0.1) is 12.5 Å². The number of nitrogens with one attached hydrogen (secondary N) is 1. The maximum atomic E-state index is 13.0. The van der Waals surface area contributed by atoms with E-state index in [1.165, 1.54) is 17.7 Å². The maximum Gasteiger partial charge on any atom is 0.224 e. The lowest BCUT2D eigenvalue weighted by molar-refractivity contribution is -0.121. The van der Waals surface area contributed by atoms with Crippen molar-refractivity contribution in [1.29, 1.82) is 0 Å². The fourth-order valence-electron chi connectivity index (χ4n) is 2.42. The fraction of sp³-hybridized carbons (Fsp3) is 0.316. The van der Waals surface area contributed by atoms with Crippen molar-refractivity contribution in [3.8, 4) is 0 Å². The van der Waals surface area contributed by atoms with Gasteiger partial charge in [-0.2, -0.15) is 0 Å². The molecule has 0 saturated carbocycles. The van der Waals surface area contributed by atoms with Gasteiger partial charge in [0, 0.05) is 0 Å². The van der Waals surface area contributed by atoms with Crippen molar-refractivity contribution in [2.75, 3.05) is 0 Å². The fourth-order valence-corrected chi connectivity index (χ4v) is 2.42. The van der Waals surface area contributed by atoms with E-state index in [2.05, 4.69) is 5.32 Å². The van der Waals surface area contributed by atoms with Gasteiger partial charge < -0.3 is 5.32 Å². The molecule has 3 heteroatoms. The smallest absolute Gasteiger partial charge is 0.224 e. The largest absolute Gasteiger partial charge is 0.349 e. The van der Waals surface area contributed by atoms with E-state index in [4.69, 9.17) is 0 Å². The summed E-state index contributed by atoms with van der Waals surface area (Å²) >= 11 is 0. The van der Waals surface area contributed by atoms with Gasteiger partial charge in [0.2, 0.25) is 5.91 Å². The van der Waals surface area contributed by atoms with Gasteiger partial charge in [-0.15, -0.1) is 0 Å². The van der Waals surface area contributed by atoms with Crippen LogP contribution in [0.2, 0.25) is 0 Å². The van der Waals surface area contributed by atoms with Crippen LogP contribution in [0.25, 0.3) is 0 Å². The molecular formula is C19H22FNO. The quantitative estimate of drug-likeness (QED) is 0.881. The normalized spacial score (nSPS) is 12.2. The zero-order chi connectivity index (χ0) is 16.1. The van der Waals surface area contributed by atoms with Gasteiger partial charge in [-0.25, -0.2) is 4.39 Å². The monoisotopic (exact) mass is 299 g/mol. The molecule has 2 aromatic rings. The Balaban J connectivity index is 2.05. The number of rotatable bonds is 5. The van der Waals surface area contributed by atoms with E-state index in [1.807, 2.05) is 45.0 Å². The summed E-state index contributed by atoms with van der Waals surface area (Å²) in [6.45, 7) is 6.10. The first kappa shape index (κ1) is 16.2. The summed E-state index contributed by atoms with van der Waals surface area (Å²) in [5.41, 5.74) is 3.09. The minimum absolute atomic E-state index is 0.0214. The van der Waals surface area contributed by atoms with E-state index >= 15 is 0 Å². The summed E-state index contributed by atoms with van der Waals surface area (Å²) in [6, 6.07) is 14.1. The summed E-state index contributed by atoms with van der Waals surface area (Å²) in [5, 5.41) is 3.05. The van der Waals surface area contributed by atoms with E-state index in [0.29, 0.717) is 6.42 Å². The molecule has 0 unspecified atom stereocenters. The molecule has 0 fully saturated rings. The van der Waals surface area contributed by atoms with E-state index < -0.39 is 0 Å². The third kappa shape index (κ3) is 4.42. The van der Waals surface area contributed by atoms with Crippen LogP contribution < -0.4 is 5.32 Å². The van der Waals surface area contributed by atoms with Crippen LogP contribution in [0.15, 0.2) is 48.5 Å². The first-order chi connectivity index (χ1) is 10.5. The van der Waals surface area contributed by atoms with Crippen molar-refractivity contribution in [3.63, 3.8) is 0 Å². The van der Waals surface area contributed by atoms with Gasteiger partial charge in [-0.05, 0) is 36.1 Å². The molecule has 1 N–H and O–H groups in total. The molecule has 0 aliphatic heterocycles. The van der Waals surface area contributed by atoms with Crippen LogP contribution in [-0.2, 0) is 11.2 Å². The lowest BCUT2D eigenvalue weighted by Crippen LogP contribution is -2.32. The maximum absolute atomic E-state index is 13.0. The number of carbonyl (C=O) groups is 1. The molecule has 1 atom stereocenters. The number of carbonyl (C=O) groups excluding carboxylic acids is 1. The van der Waals surface area contributed by atoms with Crippen molar-refractivity contribution in [3.05, 3.63) is 71.0 Å². The highest BCUT2D eigenvalue weighted by Gasteiger charge is 2.18. The van der Waals surface area contributed by atoms with E-state index in [1.54, 1.807) is 12.1 Å². The number of hydrogen-bond acceptors (Lipinski definition) is 1. The molecule has 0 aliphatic rings. The van der Waals surface area contributed by atoms with Crippen LogP contribution in [-0.4, -0.2) is 5.91 Å². The number of hydrogen-bond donors (Lipinski definition) is 1. The zero-order valence-electron chi connectivity index (χ0n) is 13.3. The van der Waals surface area contributed by atoms with Gasteiger partial charge in [-0.3, -0.25) is 4.79 Å². The van der Waals surface area contributed by atoms with Crippen LogP contribution in [0.3, 0.4) is 0 Å².